The van der Waals surface area contributed by atoms with Crippen LogP contribution >= 0.6 is 15.9 Å². The van der Waals surface area contributed by atoms with Gasteiger partial charge in [-0.15, -0.1) is 0 Å². The predicted molar refractivity (Wildman–Crippen MR) is 77.8 cm³/mol. The van der Waals surface area contributed by atoms with Crippen molar-refractivity contribution >= 4 is 27.6 Å². The molecular formula is C16H15Br. The second kappa shape index (κ2) is 4.66. The molecule has 86 valence electrons. The summed E-state index contributed by atoms with van der Waals surface area (Å²) in [6, 6.07) is 4.43. The third-order valence-corrected chi connectivity index (χ3v) is 4.15. The molecule has 2 aliphatic rings. The minimum atomic E-state index is 1.16. The van der Waals surface area contributed by atoms with Crippen LogP contribution in [-0.4, -0.2) is 0 Å². The van der Waals surface area contributed by atoms with E-state index in [0.29, 0.717) is 0 Å². The third-order valence-electron chi connectivity index (χ3n) is 3.46. The van der Waals surface area contributed by atoms with E-state index in [1.807, 2.05) is 0 Å². The van der Waals surface area contributed by atoms with Crippen molar-refractivity contribution in [1.29, 1.82) is 0 Å². The lowest BCUT2D eigenvalue weighted by Gasteiger charge is -2.19. The number of hydrogen-bond donors (Lipinski definition) is 0. The molecule has 2 aliphatic carbocycles. The molecule has 0 amide bonds. The lowest BCUT2D eigenvalue weighted by atomic mass is 9.88. The van der Waals surface area contributed by atoms with E-state index in [1.165, 1.54) is 39.6 Å². The van der Waals surface area contributed by atoms with E-state index in [2.05, 4.69) is 58.4 Å². The Morgan fingerprint density at radius 1 is 0.941 bits per heavy atom. The average molecular weight is 287 g/mol. The van der Waals surface area contributed by atoms with Crippen LogP contribution in [0.1, 0.15) is 36.0 Å². The van der Waals surface area contributed by atoms with Gasteiger partial charge in [0, 0.05) is 4.47 Å². The normalized spacial score (nSPS) is 17.8. The van der Waals surface area contributed by atoms with Crippen LogP contribution < -0.4 is 0 Å². The van der Waals surface area contributed by atoms with Crippen molar-refractivity contribution in [3.05, 3.63) is 57.6 Å². The molecule has 1 heteroatoms. The number of benzene rings is 1. The highest BCUT2D eigenvalue weighted by Crippen LogP contribution is 2.34. The first kappa shape index (κ1) is 11.0. The van der Waals surface area contributed by atoms with Crippen LogP contribution in [0.25, 0.3) is 11.6 Å². The zero-order chi connectivity index (χ0) is 11.7. The molecule has 0 nitrogen and oxygen atoms in total. The van der Waals surface area contributed by atoms with E-state index in [9.17, 15) is 0 Å². The summed E-state index contributed by atoms with van der Waals surface area (Å²) in [6.45, 7) is 0. The molecule has 0 bridgehead atoms. The summed E-state index contributed by atoms with van der Waals surface area (Å²) in [5, 5.41) is 0. The van der Waals surface area contributed by atoms with E-state index in [-0.39, 0.29) is 0 Å². The first-order valence-corrected chi connectivity index (χ1v) is 7.00. The fourth-order valence-electron chi connectivity index (χ4n) is 2.60. The molecule has 0 saturated carbocycles. The smallest absolute Gasteiger partial charge is 0.0250 e. The topological polar surface area (TPSA) is 0 Å². The minimum absolute atomic E-state index is 1.16. The van der Waals surface area contributed by atoms with Gasteiger partial charge in [0.25, 0.3) is 0 Å². The SMILES string of the molecule is Brc1ccc(C2=CCCC=C2)c2c1C=CCC2. The van der Waals surface area contributed by atoms with Gasteiger partial charge in [0.05, 0.1) is 0 Å². The summed E-state index contributed by atoms with van der Waals surface area (Å²) < 4.78 is 1.22. The Morgan fingerprint density at radius 3 is 2.65 bits per heavy atom. The van der Waals surface area contributed by atoms with Crippen LogP contribution in [-0.2, 0) is 6.42 Å². The van der Waals surface area contributed by atoms with Crippen LogP contribution in [0, 0.1) is 0 Å². The Kier molecular flexibility index (Phi) is 3.02. The monoisotopic (exact) mass is 286 g/mol. The van der Waals surface area contributed by atoms with Gasteiger partial charge in [-0.05, 0) is 54.0 Å². The molecule has 0 spiro atoms. The predicted octanol–water partition coefficient (Wildman–Crippen LogP) is 5.14. The fourth-order valence-corrected chi connectivity index (χ4v) is 3.10. The van der Waals surface area contributed by atoms with E-state index in [1.54, 1.807) is 0 Å². The van der Waals surface area contributed by atoms with Crippen LogP contribution in [0.5, 0.6) is 0 Å². The van der Waals surface area contributed by atoms with Crippen molar-refractivity contribution in [2.75, 3.05) is 0 Å². The molecule has 0 fully saturated rings. The number of hydrogen-bond acceptors (Lipinski definition) is 0. The summed E-state index contributed by atoms with van der Waals surface area (Å²) in [4.78, 5) is 0. The Balaban J connectivity index is 2.15. The Morgan fingerprint density at radius 2 is 1.82 bits per heavy atom. The van der Waals surface area contributed by atoms with Gasteiger partial charge < -0.3 is 0 Å². The number of allylic oxidation sites excluding steroid dienone is 5. The number of rotatable bonds is 1. The van der Waals surface area contributed by atoms with Crippen LogP contribution in [0.3, 0.4) is 0 Å². The van der Waals surface area contributed by atoms with Gasteiger partial charge in [0.2, 0.25) is 0 Å². The maximum absolute atomic E-state index is 3.65. The molecule has 0 atom stereocenters. The van der Waals surface area contributed by atoms with Gasteiger partial charge in [-0.2, -0.15) is 0 Å². The Bertz CT molecular complexity index is 533. The number of halogens is 1. The Labute approximate surface area is 111 Å². The molecule has 0 aromatic heterocycles. The van der Waals surface area contributed by atoms with Gasteiger partial charge in [0.1, 0.15) is 0 Å². The number of fused-ring (bicyclic) bond motifs is 1. The van der Waals surface area contributed by atoms with Gasteiger partial charge >= 0.3 is 0 Å². The quantitative estimate of drug-likeness (QED) is 0.670. The zero-order valence-electron chi connectivity index (χ0n) is 9.75. The second-order valence-corrected chi connectivity index (χ2v) is 5.42. The van der Waals surface area contributed by atoms with E-state index in [0.717, 1.165) is 12.8 Å². The summed E-state index contributed by atoms with van der Waals surface area (Å²) >= 11 is 3.65. The fraction of sp³-hybridized carbons (Fsp3) is 0.250. The van der Waals surface area contributed by atoms with Crippen molar-refractivity contribution in [2.45, 2.75) is 25.7 Å². The maximum Gasteiger partial charge on any atom is 0.0250 e. The first-order valence-electron chi connectivity index (χ1n) is 6.21. The van der Waals surface area contributed by atoms with Crippen molar-refractivity contribution in [3.63, 3.8) is 0 Å². The molecular weight excluding hydrogens is 272 g/mol. The molecule has 1 aromatic rings. The molecule has 0 unspecified atom stereocenters. The zero-order valence-corrected chi connectivity index (χ0v) is 11.3. The van der Waals surface area contributed by atoms with Gasteiger partial charge in [0.15, 0.2) is 0 Å². The maximum atomic E-state index is 3.65. The lowest BCUT2D eigenvalue weighted by molar-refractivity contribution is 0.975. The molecule has 3 rings (SSSR count). The highest BCUT2D eigenvalue weighted by molar-refractivity contribution is 9.10. The largest absolute Gasteiger partial charge is 0.0836 e. The van der Waals surface area contributed by atoms with Crippen LogP contribution in [0.4, 0.5) is 0 Å². The first-order chi connectivity index (χ1) is 8.36. The van der Waals surface area contributed by atoms with E-state index < -0.39 is 0 Å². The highest BCUT2D eigenvalue weighted by atomic mass is 79.9. The van der Waals surface area contributed by atoms with E-state index in [4.69, 9.17) is 0 Å². The van der Waals surface area contributed by atoms with Crippen molar-refractivity contribution < 1.29 is 0 Å². The summed E-state index contributed by atoms with van der Waals surface area (Å²) in [7, 11) is 0. The molecule has 0 saturated heterocycles. The minimum Gasteiger partial charge on any atom is -0.0836 e. The molecule has 1 aromatic carbocycles. The van der Waals surface area contributed by atoms with Crippen molar-refractivity contribution in [2.24, 2.45) is 0 Å². The third kappa shape index (κ3) is 2.04. The summed E-state index contributed by atoms with van der Waals surface area (Å²) in [5.74, 6) is 0. The molecule has 0 N–H and O–H groups in total. The standard InChI is InChI=1S/C16H15Br/c17-16-11-10-13(12-6-2-1-3-7-12)14-8-4-5-9-15(14)16/h2,5-7,9-11H,1,3-4,8H2. The average Bonchev–Trinajstić information content (AvgIpc) is 2.41. The van der Waals surface area contributed by atoms with Crippen molar-refractivity contribution in [3.8, 4) is 0 Å². The molecule has 0 radical (unpaired) electrons. The Hall–Kier alpha value is -1.08. The van der Waals surface area contributed by atoms with Gasteiger partial charge in [-0.1, -0.05) is 52.4 Å². The second-order valence-electron chi connectivity index (χ2n) is 4.57. The molecule has 17 heavy (non-hydrogen) atoms. The van der Waals surface area contributed by atoms with Gasteiger partial charge in [-0.3, -0.25) is 0 Å². The lowest BCUT2D eigenvalue weighted by Crippen LogP contribution is -2.01. The summed E-state index contributed by atoms with van der Waals surface area (Å²) in [6.07, 6.45) is 16.1. The molecule has 0 heterocycles. The molecule has 0 aliphatic heterocycles. The van der Waals surface area contributed by atoms with Crippen LogP contribution in [0.2, 0.25) is 0 Å². The highest BCUT2D eigenvalue weighted by Gasteiger charge is 2.14. The summed E-state index contributed by atoms with van der Waals surface area (Å²) in [5.41, 5.74) is 5.69. The van der Waals surface area contributed by atoms with Crippen molar-refractivity contribution in [1.82, 2.24) is 0 Å². The van der Waals surface area contributed by atoms with Crippen LogP contribution in [0.15, 0.2) is 40.9 Å². The van der Waals surface area contributed by atoms with E-state index >= 15 is 0 Å². The van der Waals surface area contributed by atoms with Gasteiger partial charge in [-0.25, -0.2) is 0 Å².